The van der Waals surface area contributed by atoms with Crippen LogP contribution in [-0.4, -0.2) is 31.5 Å². The molecule has 7 heteroatoms. The van der Waals surface area contributed by atoms with Crippen LogP contribution in [0.5, 0.6) is 0 Å². The second-order valence-corrected chi connectivity index (χ2v) is 7.61. The summed E-state index contributed by atoms with van der Waals surface area (Å²) in [5.41, 5.74) is 3.51. The quantitative estimate of drug-likeness (QED) is 0.479. The van der Waals surface area contributed by atoms with Gasteiger partial charge in [0.05, 0.1) is 23.5 Å². The summed E-state index contributed by atoms with van der Waals surface area (Å²) in [6, 6.07) is 13.7. The van der Waals surface area contributed by atoms with Gasteiger partial charge in [0.15, 0.2) is 5.69 Å². The van der Waals surface area contributed by atoms with Gasteiger partial charge in [0.25, 0.3) is 5.91 Å². The third-order valence-corrected chi connectivity index (χ3v) is 5.62. The number of hydrogen-bond acceptors (Lipinski definition) is 3. The molecule has 0 saturated heterocycles. The molecule has 1 amide bonds. The van der Waals surface area contributed by atoms with Gasteiger partial charge in [0.2, 0.25) is 0 Å². The lowest BCUT2D eigenvalue weighted by atomic mass is 10.1. The zero-order valence-corrected chi connectivity index (χ0v) is 16.3. The standard InChI is InChI=1S/C20H17BrN4O2/c1-13-17-6-7-18(19-3-2-10-27-19)24(17)9-8-23(13)20(26)16-11-15-5-4-14(21)12-25(15)22-16/h2-7,10-13H,8-9H2,1H3. The summed E-state index contributed by atoms with van der Waals surface area (Å²) in [7, 11) is 0. The van der Waals surface area contributed by atoms with E-state index in [0.717, 1.165) is 33.7 Å². The largest absolute Gasteiger partial charge is 0.463 e. The van der Waals surface area contributed by atoms with Crippen LogP contribution in [0.4, 0.5) is 0 Å². The van der Waals surface area contributed by atoms with Crippen molar-refractivity contribution in [2.45, 2.75) is 19.5 Å². The van der Waals surface area contributed by atoms with Gasteiger partial charge in [-0.3, -0.25) is 4.79 Å². The number of fused-ring (bicyclic) bond motifs is 2. The minimum absolute atomic E-state index is 0.0356. The van der Waals surface area contributed by atoms with Crippen molar-refractivity contribution in [1.82, 2.24) is 19.1 Å². The van der Waals surface area contributed by atoms with E-state index in [-0.39, 0.29) is 11.9 Å². The Labute approximate surface area is 164 Å². The zero-order chi connectivity index (χ0) is 18.5. The fraction of sp³-hybridized carbons (Fsp3) is 0.200. The summed E-state index contributed by atoms with van der Waals surface area (Å²) in [5, 5.41) is 4.46. The Morgan fingerprint density at radius 1 is 1.22 bits per heavy atom. The maximum atomic E-state index is 13.1. The van der Waals surface area contributed by atoms with E-state index in [9.17, 15) is 4.79 Å². The molecule has 1 aliphatic rings. The van der Waals surface area contributed by atoms with Crippen LogP contribution in [0.25, 0.3) is 17.0 Å². The first kappa shape index (κ1) is 16.4. The molecule has 0 spiro atoms. The Morgan fingerprint density at radius 2 is 2.11 bits per heavy atom. The van der Waals surface area contributed by atoms with Gasteiger partial charge in [-0.25, -0.2) is 4.52 Å². The second-order valence-electron chi connectivity index (χ2n) is 6.69. The number of rotatable bonds is 2. The highest BCUT2D eigenvalue weighted by Gasteiger charge is 2.31. The number of furan rings is 1. The molecule has 0 aliphatic carbocycles. The molecule has 136 valence electrons. The molecule has 0 aromatic carbocycles. The van der Waals surface area contributed by atoms with Crippen LogP contribution in [0, 0.1) is 0 Å². The molecule has 1 atom stereocenters. The summed E-state index contributed by atoms with van der Waals surface area (Å²) >= 11 is 3.43. The van der Waals surface area contributed by atoms with Crippen LogP contribution in [0.15, 0.2) is 63.8 Å². The van der Waals surface area contributed by atoms with E-state index in [1.807, 2.05) is 41.4 Å². The van der Waals surface area contributed by atoms with Crippen LogP contribution in [0.1, 0.15) is 29.1 Å². The highest BCUT2D eigenvalue weighted by molar-refractivity contribution is 9.10. The fourth-order valence-corrected chi connectivity index (χ4v) is 4.11. The van der Waals surface area contributed by atoms with Crippen molar-refractivity contribution in [2.75, 3.05) is 6.54 Å². The van der Waals surface area contributed by atoms with E-state index in [1.54, 1.807) is 10.8 Å². The highest BCUT2D eigenvalue weighted by atomic mass is 79.9. The Bertz CT molecular complexity index is 1140. The van der Waals surface area contributed by atoms with Crippen LogP contribution in [-0.2, 0) is 6.54 Å². The number of hydrogen-bond donors (Lipinski definition) is 0. The van der Waals surface area contributed by atoms with Crippen molar-refractivity contribution in [3.63, 3.8) is 0 Å². The lowest BCUT2D eigenvalue weighted by Gasteiger charge is -2.35. The molecule has 27 heavy (non-hydrogen) atoms. The predicted octanol–water partition coefficient (Wildman–Crippen LogP) is 4.38. The first-order chi connectivity index (χ1) is 13.1. The summed E-state index contributed by atoms with van der Waals surface area (Å²) < 4.78 is 10.4. The lowest BCUT2D eigenvalue weighted by Crippen LogP contribution is -2.41. The van der Waals surface area contributed by atoms with Crippen molar-refractivity contribution >= 4 is 27.4 Å². The monoisotopic (exact) mass is 424 g/mol. The molecule has 6 nitrogen and oxygen atoms in total. The molecular weight excluding hydrogens is 408 g/mol. The van der Waals surface area contributed by atoms with Gasteiger partial charge < -0.3 is 13.9 Å². The van der Waals surface area contributed by atoms with Crippen molar-refractivity contribution in [2.24, 2.45) is 0 Å². The first-order valence-electron chi connectivity index (χ1n) is 8.81. The smallest absolute Gasteiger partial charge is 0.275 e. The van der Waals surface area contributed by atoms with Gasteiger partial charge in [-0.2, -0.15) is 5.10 Å². The SMILES string of the molecule is CC1c2ccc(-c3ccco3)n2CCN1C(=O)c1cc2ccc(Br)cn2n1. The minimum Gasteiger partial charge on any atom is -0.463 e. The lowest BCUT2D eigenvalue weighted by molar-refractivity contribution is 0.0638. The Balaban J connectivity index is 1.47. The normalized spacial score (nSPS) is 16.7. The Morgan fingerprint density at radius 3 is 2.93 bits per heavy atom. The van der Waals surface area contributed by atoms with Crippen molar-refractivity contribution in [3.05, 3.63) is 70.8 Å². The van der Waals surface area contributed by atoms with Gasteiger partial charge in [-0.15, -0.1) is 0 Å². The molecule has 4 aromatic heterocycles. The van der Waals surface area contributed by atoms with E-state index in [0.29, 0.717) is 12.2 Å². The van der Waals surface area contributed by atoms with Gasteiger partial charge in [0.1, 0.15) is 5.76 Å². The number of carbonyl (C=O) groups is 1. The Hall–Kier alpha value is -2.80. The summed E-state index contributed by atoms with van der Waals surface area (Å²) in [6.45, 7) is 3.42. The van der Waals surface area contributed by atoms with Crippen molar-refractivity contribution in [3.8, 4) is 11.5 Å². The summed E-state index contributed by atoms with van der Waals surface area (Å²) in [5.74, 6) is 0.800. The van der Waals surface area contributed by atoms with E-state index in [4.69, 9.17) is 4.42 Å². The maximum Gasteiger partial charge on any atom is 0.275 e. The number of nitrogens with zero attached hydrogens (tertiary/aromatic N) is 4. The molecule has 5 heterocycles. The average Bonchev–Trinajstić information content (AvgIpc) is 3.39. The molecule has 0 saturated carbocycles. The van der Waals surface area contributed by atoms with Gasteiger partial charge in [-0.1, -0.05) is 0 Å². The molecule has 0 radical (unpaired) electrons. The van der Waals surface area contributed by atoms with Gasteiger partial charge in [0, 0.05) is 29.5 Å². The number of aromatic nitrogens is 3. The van der Waals surface area contributed by atoms with Crippen molar-refractivity contribution in [1.29, 1.82) is 0 Å². The van der Waals surface area contributed by atoms with E-state index in [1.165, 1.54) is 0 Å². The summed E-state index contributed by atoms with van der Waals surface area (Å²) in [4.78, 5) is 15.0. The van der Waals surface area contributed by atoms with Crippen molar-refractivity contribution < 1.29 is 9.21 Å². The fourth-order valence-electron chi connectivity index (χ4n) is 3.79. The van der Waals surface area contributed by atoms with E-state index >= 15 is 0 Å². The molecule has 1 aliphatic heterocycles. The average molecular weight is 425 g/mol. The van der Waals surface area contributed by atoms with E-state index in [2.05, 4.69) is 44.7 Å². The Kier molecular flexibility index (Phi) is 3.72. The molecule has 0 fully saturated rings. The van der Waals surface area contributed by atoms with Gasteiger partial charge >= 0.3 is 0 Å². The molecular formula is C20H17BrN4O2. The number of halogens is 1. The molecule has 4 aromatic rings. The van der Waals surface area contributed by atoms with Crippen LogP contribution >= 0.6 is 15.9 Å². The second kappa shape index (κ2) is 6.13. The van der Waals surface area contributed by atoms with E-state index < -0.39 is 0 Å². The minimum atomic E-state index is -0.0469. The topological polar surface area (TPSA) is 55.7 Å². The molecule has 0 bridgehead atoms. The van der Waals surface area contributed by atoms with Crippen LogP contribution < -0.4 is 0 Å². The van der Waals surface area contributed by atoms with Gasteiger partial charge in [-0.05, 0) is 65.3 Å². The predicted molar refractivity (Wildman–Crippen MR) is 104 cm³/mol. The third-order valence-electron chi connectivity index (χ3n) is 5.15. The summed E-state index contributed by atoms with van der Waals surface area (Å²) in [6.07, 6.45) is 3.53. The van der Waals surface area contributed by atoms with Crippen LogP contribution in [0.2, 0.25) is 0 Å². The number of amides is 1. The molecule has 0 N–H and O–H groups in total. The number of carbonyl (C=O) groups excluding carboxylic acids is 1. The first-order valence-corrected chi connectivity index (χ1v) is 9.60. The molecule has 1 unspecified atom stereocenters. The number of pyridine rings is 1. The molecule has 5 rings (SSSR count). The zero-order valence-electron chi connectivity index (χ0n) is 14.7. The van der Waals surface area contributed by atoms with Crippen LogP contribution in [0.3, 0.4) is 0 Å². The highest BCUT2D eigenvalue weighted by Crippen LogP contribution is 2.33. The maximum absolute atomic E-state index is 13.1. The third kappa shape index (κ3) is 2.61.